The van der Waals surface area contributed by atoms with Gasteiger partial charge in [-0.3, -0.25) is 4.98 Å². The quantitative estimate of drug-likeness (QED) is 0.374. The van der Waals surface area contributed by atoms with E-state index in [1.54, 1.807) is 18.3 Å². The molecule has 0 N–H and O–H groups in total. The van der Waals surface area contributed by atoms with Crippen molar-refractivity contribution < 1.29 is 25.2 Å². The number of benzene rings is 1. The molecule has 0 saturated heterocycles. The molecule has 1 aliphatic carbocycles. The van der Waals surface area contributed by atoms with Gasteiger partial charge in [0.2, 0.25) is 0 Å². The standard InChI is InChI=1S/C9H5Br2NO.C8H12.Ir/c10-6-4-7(11)9(13)8-5(6)2-1-3-12-8;1-2-4-6-8-7-5-3-1;/h1-4,13H;1-2,7-8H,3-6H2;/p-1. The second-order valence-electron chi connectivity index (χ2n) is 4.67. The molecule has 2 nitrogen and oxygen atoms in total. The molecule has 0 amide bonds. The molecule has 0 unspecified atom stereocenters. The number of pyridine rings is 1. The summed E-state index contributed by atoms with van der Waals surface area (Å²) in [5.41, 5.74) is 0.490. The Kier molecular flexibility index (Phi) is 9.18. The Balaban J connectivity index is 0.000000234. The molecule has 22 heavy (non-hydrogen) atoms. The Bertz CT molecular complexity index is 645. The summed E-state index contributed by atoms with van der Waals surface area (Å²) in [5, 5.41) is 12.4. The molecule has 5 heteroatoms. The van der Waals surface area contributed by atoms with Crippen molar-refractivity contribution in [2.24, 2.45) is 0 Å². The molecule has 0 atom stereocenters. The van der Waals surface area contributed by atoms with Gasteiger partial charge in [-0.1, -0.05) is 68.0 Å². The molecule has 1 aliphatic rings. The topological polar surface area (TPSA) is 36.0 Å². The molecule has 0 fully saturated rings. The summed E-state index contributed by atoms with van der Waals surface area (Å²) in [5.74, 6) is -0.0706. The Morgan fingerprint density at radius 3 is 2.00 bits per heavy atom. The first-order valence-corrected chi connectivity index (χ1v) is 8.48. The van der Waals surface area contributed by atoms with Crippen LogP contribution in [-0.2, 0) is 20.1 Å². The van der Waals surface area contributed by atoms with E-state index in [0.29, 0.717) is 9.99 Å². The van der Waals surface area contributed by atoms with Crippen molar-refractivity contribution in [3.63, 3.8) is 0 Å². The number of rotatable bonds is 0. The molecule has 0 spiro atoms. The monoisotopic (exact) mass is 601 g/mol. The van der Waals surface area contributed by atoms with Crippen LogP contribution < -0.4 is 5.11 Å². The van der Waals surface area contributed by atoms with E-state index < -0.39 is 0 Å². The Morgan fingerprint density at radius 1 is 0.909 bits per heavy atom. The fourth-order valence-corrected chi connectivity index (χ4v) is 3.28. The maximum absolute atomic E-state index is 11.6. The van der Waals surface area contributed by atoms with Crippen molar-refractivity contribution in [1.29, 1.82) is 0 Å². The third kappa shape index (κ3) is 5.62. The zero-order valence-electron chi connectivity index (χ0n) is 11.9. The molecule has 1 radical (unpaired) electrons. The maximum Gasteiger partial charge on any atom is 0.0646 e. The summed E-state index contributed by atoms with van der Waals surface area (Å²) in [6.45, 7) is 0. The van der Waals surface area contributed by atoms with Gasteiger partial charge in [0.1, 0.15) is 0 Å². The third-order valence-corrected chi connectivity index (χ3v) is 4.33. The van der Waals surface area contributed by atoms with Crippen LogP contribution in [0, 0.1) is 0 Å². The number of hydrogen-bond donors (Lipinski definition) is 0. The number of allylic oxidation sites excluding steroid dienone is 4. The zero-order chi connectivity index (χ0) is 15.1. The van der Waals surface area contributed by atoms with Crippen molar-refractivity contribution in [2.75, 3.05) is 0 Å². The molecule has 0 saturated carbocycles. The first-order valence-electron chi connectivity index (χ1n) is 6.90. The molecule has 1 heterocycles. The van der Waals surface area contributed by atoms with E-state index in [2.05, 4.69) is 61.1 Å². The van der Waals surface area contributed by atoms with E-state index >= 15 is 0 Å². The molecule has 1 aromatic heterocycles. The van der Waals surface area contributed by atoms with E-state index in [1.165, 1.54) is 25.7 Å². The number of fused-ring (bicyclic) bond motifs is 1. The molecular weight excluding hydrogens is 586 g/mol. The van der Waals surface area contributed by atoms with Crippen molar-refractivity contribution in [1.82, 2.24) is 4.98 Å². The van der Waals surface area contributed by atoms with E-state index in [0.717, 1.165) is 9.86 Å². The van der Waals surface area contributed by atoms with E-state index in [-0.39, 0.29) is 25.9 Å². The summed E-state index contributed by atoms with van der Waals surface area (Å²) in [4.78, 5) is 4.03. The molecular formula is C17H16Br2IrNO-. The minimum atomic E-state index is -0.0706. The van der Waals surface area contributed by atoms with Crippen molar-refractivity contribution >= 4 is 42.8 Å². The molecule has 0 bridgehead atoms. The fraction of sp³-hybridized carbons (Fsp3) is 0.235. The molecule has 119 valence electrons. The van der Waals surface area contributed by atoms with Gasteiger partial charge in [-0.05, 0) is 37.8 Å². The molecule has 1 aromatic carbocycles. The summed E-state index contributed by atoms with van der Waals surface area (Å²) in [6, 6.07) is 5.41. The SMILES string of the molecule is C1=CCCC=CCC1.[Ir].[O-]c1c(Br)cc(Br)c2cccnc12. The summed E-state index contributed by atoms with van der Waals surface area (Å²) in [7, 11) is 0. The smallest absolute Gasteiger partial charge is 0.0646 e. The van der Waals surface area contributed by atoms with Crippen molar-refractivity contribution in [3.05, 3.63) is 57.6 Å². The predicted molar refractivity (Wildman–Crippen MR) is 93.3 cm³/mol. The van der Waals surface area contributed by atoms with Gasteiger partial charge in [0.05, 0.1) is 5.52 Å². The molecule has 2 aromatic rings. The van der Waals surface area contributed by atoms with E-state index in [4.69, 9.17) is 0 Å². The van der Waals surface area contributed by atoms with Crippen LogP contribution in [-0.4, -0.2) is 4.98 Å². The maximum atomic E-state index is 11.6. The number of nitrogens with zero attached hydrogens (tertiary/aromatic N) is 1. The normalized spacial score (nSPS) is 13.5. The summed E-state index contributed by atoms with van der Waals surface area (Å²) in [6.07, 6.45) is 15.6. The van der Waals surface area contributed by atoms with Crippen molar-refractivity contribution in [2.45, 2.75) is 25.7 Å². The Labute approximate surface area is 161 Å². The van der Waals surface area contributed by atoms with Gasteiger partial charge in [0.25, 0.3) is 0 Å². The van der Waals surface area contributed by atoms with Gasteiger partial charge in [-0.25, -0.2) is 0 Å². The fourth-order valence-electron chi connectivity index (χ4n) is 2.00. The molecule has 0 aliphatic heterocycles. The number of halogens is 2. The van der Waals surface area contributed by atoms with E-state index in [9.17, 15) is 5.11 Å². The van der Waals surface area contributed by atoms with Gasteiger partial charge in [0.15, 0.2) is 0 Å². The number of aromatic nitrogens is 1. The zero-order valence-corrected chi connectivity index (χ0v) is 17.5. The van der Waals surface area contributed by atoms with Crippen LogP contribution >= 0.6 is 31.9 Å². The molecule has 3 rings (SSSR count). The Hall–Kier alpha value is -0.481. The van der Waals surface area contributed by atoms with Gasteiger partial charge in [-0.2, -0.15) is 0 Å². The largest absolute Gasteiger partial charge is 0.870 e. The van der Waals surface area contributed by atoms with Crippen LogP contribution in [0.5, 0.6) is 5.75 Å². The second-order valence-corrected chi connectivity index (χ2v) is 6.38. The Morgan fingerprint density at radius 2 is 1.45 bits per heavy atom. The van der Waals surface area contributed by atoms with Crippen LogP contribution in [0.25, 0.3) is 10.9 Å². The average molecular weight is 602 g/mol. The van der Waals surface area contributed by atoms with Gasteiger partial charge >= 0.3 is 0 Å². The van der Waals surface area contributed by atoms with Crippen LogP contribution in [0.1, 0.15) is 25.7 Å². The summed E-state index contributed by atoms with van der Waals surface area (Å²) < 4.78 is 1.41. The van der Waals surface area contributed by atoms with E-state index in [1.807, 2.05) is 6.07 Å². The first kappa shape index (κ1) is 19.6. The number of hydrogen-bond acceptors (Lipinski definition) is 2. The summed E-state index contributed by atoms with van der Waals surface area (Å²) >= 11 is 6.56. The minimum Gasteiger partial charge on any atom is -0.870 e. The second kappa shape index (κ2) is 10.3. The van der Waals surface area contributed by atoms with Crippen molar-refractivity contribution in [3.8, 4) is 5.75 Å². The van der Waals surface area contributed by atoms with Crippen LogP contribution in [0.15, 0.2) is 57.6 Å². The van der Waals surface area contributed by atoms with Gasteiger partial charge in [0, 0.05) is 40.6 Å². The van der Waals surface area contributed by atoms with Gasteiger partial charge in [-0.15, -0.1) is 0 Å². The predicted octanol–water partition coefficient (Wildman–Crippen LogP) is 5.50. The van der Waals surface area contributed by atoms with Crippen LogP contribution in [0.3, 0.4) is 0 Å². The average Bonchev–Trinajstić information content (AvgIpc) is 2.45. The van der Waals surface area contributed by atoms with Crippen LogP contribution in [0.4, 0.5) is 0 Å². The first-order chi connectivity index (χ1) is 10.2. The van der Waals surface area contributed by atoms with Crippen LogP contribution in [0.2, 0.25) is 0 Å². The third-order valence-electron chi connectivity index (χ3n) is 3.08. The minimum absolute atomic E-state index is 0. The van der Waals surface area contributed by atoms with Gasteiger partial charge < -0.3 is 5.11 Å².